The molecule has 2 aliphatic rings. The molecule has 0 bridgehead atoms. The first-order valence-electron chi connectivity index (χ1n) is 11.6. The minimum Gasteiger partial charge on any atom is -0.497 e. The summed E-state index contributed by atoms with van der Waals surface area (Å²) in [6.07, 6.45) is 0.407. The van der Waals surface area contributed by atoms with Gasteiger partial charge in [0.2, 0.25) is 0 Å². The Morgan fingerprint density at radius 1 is 1.34 bits per heavy atom. The number of nitrogens with one attached hydrogen (secondary N) is 2. The number of halogens is 1. The summed E-state index contributed by atoms with van der Waals surface area (Å²) in [4.78, 5) is 22.2. The van der Waals surface area contributed by atoms with Crippen molar-refractivity contribution >= 4 is 22.6 Å². The second-order valence-electron chi connectivity index (χ2n) is 8.84. The molecule has 0 spiro atoms. The lowest BCUT2D eigenvalue weighted by Crippen LogP contribution is -2.51. The third-order valence-corrected chi connectivity index (χ3v) is 6.48. The topological polar surface area (TPSA) is 109 Å². The van der Waals surface area contributed by atoms with Crippen molar-refractivity contribution in [2.45, 2.75) is 31.3 Å². The molecule has 5 rings (SSSR count). The van der Waals surface area contributed by atoms with Crippen LogP contribution in [0.3, 0.4) is 0 Å². The van der Waals surface area contributed by atoms with Crippen LogP contribution >= 0.6 is 0 Å². The number of pyridine rings is 2. The number of hydrogen-bond donors (Lipinski definition) is 3. The Bertz CT molecular complexity index is 1230. The van der Waals surface area contributed by atoms with Crippen LogP contribution < -0.4 is 20.1 Å². The van der Waals surface area contributed by atoms with Gasteiger partial charge in [-0.3, -0.25) is 14.7 Å². The van der Waals surface area contributed by atoms with Gasteiger partial charge in [-0.05, 0) is 54.9 Å². The first-order chi connectivity index (χ1) is 17.0. The Labute approximate surface area is 202 Å². The molecule has 3 atom stereocenters. The molecule has 10 heteroatoms. The van der Waals surface area contributed by atoms with Gasteiger partial charge in [-0.25, -0.2) is 9.37 Å². The number of fused-ring (bicyclic) bond motifs is 2. The predicted octanol–water partition coefficient (Wildman–Crippen LogP) is 2.20. The number of carbonyl (C=O) groups is 1. The van der Waals surface area contributed by atoms with E-state index in [4.69, 9.17) is 9.47 Å². The average molecular weight is 482 g/mol. The Balaban J connectivity index is 1.17. The van der Waals surface area contributed by atoms with E-state index in [1.165, 1.54) is 0 Å². The summed E-state index contributed by atoms with van der Waals surface area (Å²) >= 11 is 0. The van der Waals surface area contributed by atoms with Gasteiger partial charge in [-0.2, -0.15) is 0 Å². The molecule has 184 valence electrons. The fourth-order valence-electron chi connectivity index (χ4n) is 4.61. The molecule has 1 saturated heterocycles. The van der Waals surface area contributed by atoms with Crippen molar-refractivity contribution in [3.63, 3.8) is 0 Å². The molecule has 4 heterocycles. The van der Waals surface area contributed by atoms with Crippen LogP contribution in [-0.2, 0) is 11.3 Å². The number of aliphatic hydroxyl groups excluding tert-OH is 1. The number of ether oxygens (including phenoxy) is 2. The van der Waals surface area contributed by atoms with Gasteiger partial charge >= 0.3 is 0 Å². The molecular formula is C25H28FN5O4. The number of carbonyl (C=O) groups excluding carboxylic acids is 1. The molecule has 0 saturated carbocycles. The highest BCUT2D eigenvalue weighted by Gasteiger charge is 2.30. The first kappa shape index (κ1) is 23.4. The highest BCUT2D eigenvalue weighted by molar-refractivity contribution is 5.94. The van der Waals surface area contributed by atoms with E-state index in [0.29, 0.717) is 49.1 Å². The van der Waals surface area contributed by atoms with E-state index < -0.39 is 12.3 Å². The van der Waals surface area contributed by atoms with Crippen molar-refractivity contribution in [3.05, 3.63) is 53.9 Å². The van der Waals surface area contributed by atoms with Gasteiger partial charge in [0.15, 0.2) is 18.2 Å². The number of aliphatic hydroxyl groups is 1. The van der Waals surface area contributed by atoms with E-state index in [9.17, 15) is 9.90 Å². The number of anilines is 1. The number of alkyl halides is 1. The molecule has 0 radical (unpaired) electrons. The van der Waals surface area contributed by atoms with Crippen molar-refractivity contribution in [3.8, 4) is 11.5 Å². The number of amides is 1. The predicted molar refractivity (Wildman–Crippen MR) is 128 cm³/mol. The maximum absolute atomic E-state index is 15.0. The van der Waals surface area contributed by atoms with Crippen LogP contribution in [0.25, 0.3) is 10.9 Å². The van der Waals surface area contributed by atoms with Crippen LogP contribution in [0.5, 0.6) is 11.5 Å². The summed E-state index contributed by atoms with van der Waals surface area (Å²) in [6, 6.07) is 10.6. The molecule has 3 N–H and O–H groups in total. The van der Waals surface area contributed by atoms with Gasteiger partial charge in [-0.1, -0.05) is 0 Å². The van der Waals surface area contributed by atoms with Crippen LogP contribution in [0.1, 0.15) is 23.8 Å². The summed E-state index contributed by atoms with van der Waals surface area (Å²) in [6.45, 7) is 1.57. The van der Waals surface area contributed by atoms with Crippen molar-refractivity contribution in [1.82, 2.24) is 20.2 Å². The molecule has 35 heavy (non-hydrogen) atoms. The van der Waals surface area contributed by atoms with Crippen LogP contribution in [0.15, 0.2) is 42.6 Å². The third-order valence-electron chi connectivity index (χ3n) is 6.48. The molecule has 3 aromatic rings. The molecule has 9 nitrogen and oxygen atoms in total. The van der Waals surface area contributed by atoms with Gasteiger partial charge < -0.3 is 25.2 Å². The van der Waals surface area contributed by atoms with E-state index in [2.05, 4.69) is 20.6 Å². The Morgan fingerprint density at radius 3 is 3.06 bits per heavy atom. The van der Waals surface area contributed by atoms with E-state index in [1.807, 2.05) is 23.1 Å². The van der Waals surface area contributed by atoms with Gasteiger partial charge in [0.1, 0.15) is 11.9 Å². The fourth-order valence-corrected chi connectivity index (χ4v) is 4.61. The zero-order chi connectivity index (χ0) is 24.4. The highest BCUT2D eigenvalue weighted by atomic mass is 19.1. The fraction of sp³-hybridized carbons (Fsp3) is 0.400. The number of rotatable bonds is 7. The second kappa shape index (κ2) is 10.1. The normalized spacial score (nSPS) is 21.2. The molecule has 2 aliphatic heterocycles. The quantitative estimate of drug-likeness (QED) is 0.471. The number of aromatic nitrogens is 2. The van der Waals surface area contributed by atoms with Crippen molar-refractivity contribution in [2.75, 3.05) is 38.7 Å². The minimum absolute atomic E-state index is 0.0192. The van der Waals surface area contributed by atoms with E-state index in [1.54, 1.807) is 31.5 Å². The molecule has 0 unspecified atom stereocenters. The van der Waals surface area contributed by atoms with Crippen molar-refractivity contribution in [1.29, 1.82) is 0 Å². The van der Waals surface area contributed by atoms with E-state index in [-0.39, 0.29) is 25.1 Å². The molecule has 2 aromatic heterocycles. The lowest BCUT2D eigenvalue weighted by Gasteiger charge is -2.36. The number of β-amino-alcohol motifs (C(OH)–C–C–N with tert-alkyl or cyclic N) is 1. The molecule has 1 aromatic carbocycles. The third kappa shape index (κ3) is 5.19. The molecule has 1 fully saturated rings. The number of piperidine rings is 1. The Morgan fingerprint density at radius 2 is 2.23 bits per heavy atom. The molecule has 1 amide bonds. The Hall–Kier alpha value is -3.34. The second-order valence-corrected chi connectivity index (χ2v) is 8.84. The van der Waals surface area contributed by atoms with Crippen molar-refractivity contribution < 1.29 is 23.8 Å². The minimum atomic E-state index is -1.09. The van der Waals surface area contributed by atoms with Crippen molar-refractivity contribution in [2.24, 2.45) is 0 Å². The summed E-state index contributed by atoms with van der Waals surface area (Å²) < 4.78 is 25.7. The van der Waals surface area contributed by atoms with Gasteiger partial charge in [-0.15, -0.1) is 0 Å². The lowest BCUT2D eigenvalue weighted by molar-refractivity contribution is -0.118. The SMILES string of the molecule is COc1ccc2nccc([C@@H](O)CN3CC[C@H](NCc4ccc5c(n4)NC(=O)CO5)[C@H](F)C3)c2c1. The summed E-state index contributed by atoms with van der Waals surface area (Å²) in [7, 11) is 1.60. The first-order valence-corrected chi connectivity index (χ1v) is 11.6. The number of nitrogens with zero attached hydrogens (tertiary/aromatic N) is 3. The standard InChI is InChI=1S/C25H28FN5O4/c1-34-16-3-4-20-18(10-16)17(6-8-27-20)22(32)13-31-9-7-21(19(26)12-31)28-11-15-2-5-23-25(29-15)30-24(33)14-35-23/h2-6,8,10,19,21-22,28,32H,7,9,11-14H2,1H3,(H,29,30,33)/t19-,21+,22+/m1/s1. The van der Waals surface area contributed by atoms with Gasteiger partial charge in [0.25, 0.3) is 5.91 Å². The summed E-state index contributed by atoms with van der Waals surface area (Å²) in [5.41, 5.74) is 2.22. The number of benzene rings is 1. The number of likely N-dealkylation sites (tertiary alicyclic amines) is 1. The van der Waals surface area contributed by atoms with Gasteiger partial charge in [0, 0.05) is 37.3 Å². The average Bonchev–Trinajstić information content (AvgIpc) is 2.87. The maximum Gasteiger partial charge on any atom is 0.263 e. The van der Waals surface area contributed by atoms with Crippen LogP contribution in [-0.4, -0.2) is 71.4 Å². The lowest BCUT2D eigenvalue weighted by atomic mass is 10.00. The van der Waals surface area contributed by atoms with E-state index in [0.717, 1.165) is 16.5 Å². The monoisotopic (exact) mass is 481 g/mol. The summed E-state index contributed by atoms with van der Waals surface area (Å²) in [5.74, 6) is 1.37. The number of methoxy groups -OCH3 is 1. The van der Waals surface area contributed by atoms with Crippen LogP contribution in [0.2, 0.25) is 0 Å². The largest absolute Gasteiger partial charge is 0.497 e. The van der Waals surface area contributed by atoms with Gasteiger partial charge in [0.05, 0.1) is 24.4 Å². The van der Waals surface area contributed by atoms with Crippen LogP contribution in [0, 0.1) is 0 Å². The maximum atomic E-state index is 15.0. The van der Waals surface area contributed by atoms with E-state index >= 15 is 4.39 Å². The highest BCUT2D eigenvalue weighted by Crippen LogP contribution is 2.28. The van der Waals surface area contributed by atoms with Crippen LogP contribution in [0.4, 0.5) is 10.2 Å². The summed E-state index contributed by atoms with van der Waals surface area (Å²) in [5, 5.41) is 17.7. The Kier molecular flexibility index (Phi) is 6.76. The molecule has 0 aliphatic carbocycles. The zero-order valence-electron chi connectivity index (χ0n) is 19.4. The zero-order valence-corrected chi connectivity index (χ0v) is 19.4. The smallest absolute Gasteiger partial charge is 0.263 e. The number of hydrogen-bond acceptors (Lipinski definition) is 8. The molecular weight excluding hydrogens is 453 g/mol.